The molecule has 0 unspecified atom stereocenters. The molecule has 0 spiro atoms. The number of aromatic nitrogens is 1. The molecule has 0 atom stereocenters. The lowest BCUT2D eigenvalue weighted by atomic mass is 9.97. The molecule has 0 radical (unpaired) electrons. The highest BCUT2D eigenvalue weighted by Gasteiger charge is 2.38. The van der Waals surface area contributed by atoms with Crippen molar-refractivity contribution in [3.05, 3.63) is 212 Å². The first-order valence-electron chi connectivity index (χ1n) is 20.2. The molecule has 0 fully saturated rings. The molecule has 58 heavy (non-hydrogen) atoms. The van der Waals surface area contributed by atoms with Crippen LogP contribution in [0.1, 0.15) is 0 Å². The standard InChI is InChI=1S/C56H41NSi/c1-58(2)55-36-47(40-16-10-5-11-17-40)26-30-49(55)50-31-29-48(37-56(50)58)57-53-32-27-45(43-22-18-41(19-23-43)38-12-6-3-7-13-38)34-51(53)52-35-46(28-33-54(52)57)44-24-20-42(21-25-44)39-14-8-4-9-15-39/h3-37H,1-2H3. The lowest BCUT2D eigenvalue weighted by molar-refractivity contribution is 1.18. The summed E-state index contributed by atoms with van der Waals surface area (Å²) in [6, 6.07) is 78.5. The molecule has 0 bridgehead atoms. The fraction of sp³-hybridized carbons (Fsp3) is 0.0357. The Hall–Kier alpha value is -7.00. The SMILES string of the molecule is C[Si]1(C)c2cc(-c3ccccc3)ccc2-c2ccc(-n3c4ccc(-c5ccc(-c6ccccc6)cc5)cc4c4cc(-c5ccc(-c6ccccc6)cc5)ccc43)cc21. The van der Waals surface area contributed by atoms with Crippen LogP contribution in [0.2, 0.25) is 13.1 Å². The third-order valence-electron chi connectivity index (χ3n) is 12.4. The number of benzene rings is 9. The normalized spacial score (nSPS) is 12.8. The summed E-state index contributed by atoms with van der Waals surface area (Å²) in [6.07, 6.45) is 0. The fourth-order valence-corrected chi connectivity index (χ4v) is 12.4. The molecule has 0 saturated carbocycles. The van der Waals surface area contributed by atoms with Gasteiger partial charge in [-0.05, 0) is 114 Å². The van der Waals surface area contributed by atoms with E-state index in [4.69, 9.17) is 0 Å². The van der Waals surface area contributed by atoms with Gasteiger partial charge in [0.25, 0.3) is 0 Å². The van der Waals surface area contributed by atoms with E-state index < -0.39 is 8.07 Å². The zero-order chi connectivity index (χ0) is 38.8. The third kappa shape index (κ3) is 5.68. The number of hydrogen-bond acceptors (Lipinski definition) is 0. The average molecular weight is 756 g/mol. The van der Waals surface area contributed by atoms with Gasteiger partial charge in [0, 0.05) is 16.5 Å². The summed E-state index contributed by atoms with van der Waals surface area (Å²) in [5.41, 5.74) is 18.8. The van der Waals surface area contributed by atoms with Crippen molar-refractivity contribution in [2.45, 2.75) is 13.1 Å². The van der Waals surface area contributed by atoms with E-state index >= 15 is 0 Å². The lowest BCUT2D eigenvalue weighted by Gasteiger charge is -2.20. The highest BCUT2D eigenvalue weighted by molar-refractivity contribution is 7.03. The summed E-state index contributed by atoms with van der Waals surface area (Å²) in [4.78, 5) is 0. The Morgan fingerprint density at radius 3 is 1.09 bits per heavy atom. The first-order valence-corrected chi connectivity index (χ1v) is 23.2. The molecule has 0 N–H and O–H groups in total. The molecule has 2 heteroatoms. The van der Waals surface area contributed by atoms with Crippen molar-refractivity contribution >= 4 is 40.3 Å². The van der Waals surface area contributed by atoms with E-state index in [1.807, 2.05) is 0 Å². The smallest absolute Gasteiger partial charge is 0.113 e. The minimum Gasteiger partial charge on any atom is -0.309 e. The second-order valence-corrected chi connectivity index (χ2v) is 20.5. The molecule has 1 aliphatic heterocycles. The molecule has 274 valence electrons. The highest BCUT2D eigenvalue weighted by atomic mass is 28.3. The van der Waals surface area contributed by atoms with Gasteiger partial charge in [-0.15, -0.1) is 0 Å². The minimum atomic E-state index is -2.00. The van der Waals surface area contributed by atoms with E-state index in [2.05, 4.69) is 230 Å². The third-order valence-corrected chi connectivity index (χ3v) is 16.0. The molecule has 1 aromatic heterocycles. The number of nitrogens with zero attached hydrogens (tertiary/aromatic N) is 1. The Bertz CT molecular complexity index is 3000. The molecule has 1 nitrogen and oxygen atoms in total. The highest BCUT2D eigenvalue weighted by Crippen LogP contribution is 2.39. The lowest BCUT2D eigenvalue weighted by Crippen LogP contribution is -2.49. The Morgan fingerprint density at radius 2 is 0.621 bits per heavy atom. The van der Waals surface area contributed by atoms with E-state index in [-0.39, 0.29) is 0 Å². The number of rotatable bonds is 6. The summed E-state index contributed by atoms with van der Waals surface area (Å²) in [6.45, 7) is 5.04. The molecule has 9 aromatic carbocycles. The summed E-state index contributed by atoms with van der Waals surface area (Å²) >= 11 is 0. The zero-order valence-electron chi connectivity index (χ0n) is 32.7. The van der Waals surface area contributed by atoms with Crippen LogP contribution in [0, 0.1) is 0 Å². The predicted molar refractivity (Wildman–Crippen MR) is 250 cm³/mol. The maximum absolute atomic E-state index is 2.52. The quantitative estimate of drug-likeness (QED) is 0.149. The fourth-order valence-electron chi connectivity index (χ4n) is 9.31. The van der Waals surface area contributed by atoms with Crippen molar-refractivity contribution in [2.24, 2.45) is 0 Å². The van der Waals surface area contributed by atoms with Crippen LogP contribution in [-0.4, -0.2) is 12.6 Å². The maximum atomic E-state index is 2.52. The molecule has 0 saturated heterocycles. The molecular formula is C56H41NSi. The van der Waals surface area contributed by atoms with E-state index in [0.29, 0.717) is 0 Å². The molecular weight excluding hydrogens is 715 g/mol. The molecule has 2 heterocycles. The number of fused-ring (bicyclic) bond motifs is 6. The summed E-state index contributed by atoms with van der Waals surface area (Å²) in [5, 5.41) is 5.55. The zero-order valence-corrected chi connectivity index (χ0v) is 33.7. The van der Waals surface area contributed by atoms with Crippen LogP contribution in [0.25, 0.3) is 94.3 Å². The molecule has 11 rings (SSSR count). The van der Waals surface area contributed by atoms with Gasteiger partial charge in [0.2, 0.25) is 0 Å². The van der Waals surface area contributed by atoms with Crippen molar-refractivity contribution in [2.75, 3.05) is 0 Å². The van der Waals surface area contributed by atoms with Crippen LogP contribution in [-0.2, 0) is 0 Å². The van der Waals surface area contributed by atoms with E-state index in [0.717, 1.165) is 0 Å². The van der Waals surface area contributed by atoms with Gasteiger partial charge in [0.05, 0.1) is 11.0 Å². The van der Waals surface area contributed by atoms with E-state index in [1.54, 1.807) is 0 Å². The summed E-state index contributed by atoms with van der Waals surface area (Å²) in [5.74, 6) is 0. The van der Waals surface area contributed by atoms with E-state index in [1.165, 1.54) is 105 Å². The van der Waals surface area contributed by atoms with Gasteiger partial charge in [-0.1, -0.05) is 189 Å². The van der Waals surface area contributed by atoms with Crippen LogP contribution < -0.4 is 10.4 Å². The minimum absolute atomic E-state index is 1.22. The molecule has 10 aromatic rings. The summed E-state index contributed by atoms with van der Waals surface area (Å²) < 4.78 is 2.50. The first kappa shape index (κ1) is 34.3. The van der Waals surface area contributed by atoms with Crippen molar-refractivity contribution in [1.82, 2.24) is 4.57 Å². The van der Waals surface area contributed by atoms with Gasteiger partial charge in [-0.25, -0.2) is 0 Å². The Labute approximate surface area is 341 Å². The second kappa shape index (κ2) is 13.6. The van der Waals surface area contributed by atoms with Crippen molar-refractivity contribution in [1.29, 1.82) is 0 Å². The van der Waals surface area contributed by atoms with Crippen LogP contribution in [0.5, 0.6) is 0 Å². The van der Waals surface area contributed by atoms with Gasteiger partial charge in [0.15, 0.2) is 0 Å². The average Bonchev–Trinajstić information content (AvgIpc) is 3.74. The summed E-state index contributed by atoms with van der Waals surface area (Å²) in [7, 11) is -2.00. The van der Waals surface area contributed by atoms with Crippen LogP contribution in [0.3, 0.4) is 0 Å². The Balaban J connectivity index is 1.05. The van der Waals surface area contributed by atoms with Crippen LogP contribution in [0.4, 0.5) is 0 Å². The van der Waals surface area contributed by atoms with Crippen molar-refractivity contribution < 1.29 is 0 Å². The van der Waals surface area contributed by atoms with Crippen LogP contribution >= 0.6 is 0 Å². The van der Waals surface area contributed by atoms with Gasteiger partial charge in [-0.2, -0.15) is 0 Å². The van der Waals surface area contributed by atoms with Gasteiger partial charge < -0.3 is 4.57 Å². The molecule has 1 aliphatic rings. The van der Waals surface area contributed by atoms with Crippen LogP contribution in [0.15, 0.2) is 212 Å². The molecule has 0 aliphatic carbocycles. The Kier molecular flexibility index (Phi) is 8.02. The maximum Gasteiger partial charge on any atom is 0.113 e. The largest absolute Gasteiger partial charge is 0.309 e. The Morgan fingerprint density at radius 1 is 0.293 bits per heavy atom. The van der Waals surface area contributed by atoms with Gasteiger partial charge in [-0.3, -0.25) is 0 Å². The van der Waals surface area contributed by atoms with E-state index in [9.17, 15) is 0 Å². The predicted octanol–water partition coefficient (Wildman–Crippen LogP) is 13.9. The van der Waals surface area contributed by atoms with Crippen molar-refractivity contribution in [3.63, 3.8) is 0 Å². The van der Waals surface area contributed by atoms with Crippen molar-refractivity contribution in [3.8, 4) is 72.4 Å². The topological polar surface area (TPSA) is 4.93 Å². The first-order chi connectivity index (χ1) is 28.5. The van der Waals surface area contributed by atoms with Gasteiger partial charge in [0.1, 0.15) is 8.07 Å². The second-order valence-electron chi connectivity index (χ2n) is 16.2. The molecule has 0 amide bonds. The monoisotopic (exact) mass is 755 g/mol. The number of hydrogen-bond donors (Lipinski definition) is 0. The van der Waals surface area contributed by atoms with Gasteiger partial charge >= 0.3 is 0 Å².